The minimum absolute atomic E-state index is 0.515. The van der Waals surface area contributed by atoms with Crippen LogP contribution in [0.4, 0.5) is 5.13 Å². The first-order valence-corrected chi connectivity index (χ1v) is 6.89. The first-order chi connectivity index (χ1) is 8.86. The summed E-state index contributed by atoms with van der Waals surface area (Å²) in [5.74, 6) is 0. The van der Waals surface area contributed by atoms with Crippen molar-refractivity contribution in [2.24, 2.45) is 0 Å². The third-order valence-electron chi connectivity index (χ3n) is 2.03. The number of anilines is 1. The zero-order valence-corrected chi connectivity index (χ0v) is 11.8. The van der Waals surface area contributed by atoms with Gasteiger partial charge in [-0.05, 0) is 13.3 Å². The van der Waals surface area contributed by atoms with Crippen molar-refractivity contribution < 1.29 is 14.2 Å². The highest BCUT2D eigenvalue weighted by atomic mass is 32.1. The number of rotatable bonds is 11. The van der Waals surface area contributed by atoms with Crippen LogP contribution >= 0.6 is 11.3 Å². The second-order valence-electron chi connectivity index (χ2n) is 3.54. The average molecular weight is 275 g/mol. The molecule has 0 spiro atoms. The van der Waals surface area contributed by atoms with Gasteiger partial charge in [0.25, 0.3) is 0 Å². The van der Waals surface area contributed by atoms with E-state index in [9.17, 15) is 0 Å². The van der Waals surface area contributed by atoms with E-state index in [1.165, 1.54) is 11.3 Å². The van der Waals surface area contributed by atoms with Gasteiger partial charge in [-0.3, -0.25) is 0 Å². The number of hydrogen-bond donors (Lipinski definition) is 1. The van der Waals surface area contributed by atoms with E-state index in [2.05, 4.69) is 15.5 Å². The molecule has 0 atom stereocenters. The van der Waals surface area contributed by atoms with E-state index in [-0.39, 0.29) is 0 Å². The predicted octanol–water partition coefficient (Wildman–Crippen LogP) is 1.54. The Morgan fingerprint density at radius 2 is 1.94 bits per heavy atom. The monoisotopic (exact) mass is 275 g/mol. The van der Waals surface area contributed by atoms with Gasteiger partial charge in [0.15, 0.2) is 0 Å². The Kier molecular flexibility index (Phi) is 8.66. The third kappa shape index (κ3) is 6.85. The average Bonchev–Trinajstić information content (AvgIpc) is 2.81. The smallest absolute Gasteiger partial charge is 0.205 e. The highest BCUT2D eigenvalue weighted by Gasteiger charge is 2.02. The summed E-state index contributed by atoms with van der Waals surface area (Å²) in [4.78, 5) is 0. The maximum Gasteiger partial charge on any atom is 0.205 e. The van der Waals surface area contributed by atoms with Crippen LogP contribution in [-0.4, -0.2) is 50.3 Å². The molecule has 1 aromatic heterocycles. The molecule has 0 aromatic carbocycles. The molecule has 0 radical (unpaired) electrons. The molecule has 0 bridgehead atoms. The van der Waals surface area contributed by atoms with Crippen molar-refractivity contribution in [2.45, 2.75) is 20.0 Å². The lowest BCUT2D eigenvalue weighted by Crippen LogP contribution is -2.05. The van der Waals surface area contributed by atoms with Gasteiger partial charge in [-0.25, -0.2) is 0 Å². The summed E-state index contributed by atoms with van der Waals surface area (Å²) in [6.07, 6.45) is 0.878. The van der Waals surface area contributed by atoms with Crippen LogP contribution in [0.3, 0.4) is 0 Å². The van der Waals surface area contributed by atoms with Crippen molar-refractivity contribution in [3.05, 3.63) is 5.01 Å². The molecule has 0 aliphatic heterocycles. The standard InChI is InChI=1S/C11H21N3O3S/c1-3-12-11-14-13-10(18-11)9-17-6-4-5-16-8-7-15-2/h3-9H2,1-2H3,(H,12,14). The molecular weight excluding hydrogens is 254 g/mol. The van der Waals surface area contributed by atoms with Crippen LogP contribution in [0.1, 0.15) is 18.4 Å². The van der Waals surface area contributed by atoms with Crippen molar-refractivity contribution in [3.8, 4) is 0 Å². The zero-order valence-electron chi connectivity index (χ0n) is 11.0. The van der Waals surface area contributed by atoms with Gasteiger partial charge in [-0.2, -0.15) is 0 Å². The topological polar surface area (TPSA) is 65.5 Å². The highest BCUT2D eigenvalue weighted by molar-refractivity contribution is 7.15. The van der Waals surface area contributed by atoms with Gasteiger partial charge in [-0.15, -0.1) is 10.2 Å². The summed E-state index contributed by atoms with van der Waals surface area (Å²) in [6.45, 7) is 6.04. The highest BCUT2D eigenvalue weighted by Crippen LogP contribution is 2.15. The number of nitrogens with zero attached hydrogens (tertiary/aromatic N) is 2. The van der Waals surface area contributed by atoms with Gasteiger partial charge in [0.2, 0.25) is 5.13 Å². The van der Waals surface area contributed by atoms with Crippen molar-refractivity contribution in [1.29, 1.82) is 0 Å². The van der Waals surface area contributed by atoms with E-state index < -0.39 is 0 Å². The second kappa shape index (κ2) is 10.2. The number of aromatic nitrogens is 2. The fourth-order valence-electron chi connectivity index (χ4n) is 1.20. The summed E-state index contributed by atoms with van der Waals surface area (Å²) in [7, 11) is 1.66. The number of nitrogens with one attached hydrogen (secondary N) is 1. The molecule has 1 N–H and O–H groups in total. The van der Waals surface area contributed by atoms with Crippen LogP contribution in [0.15, 0.2) is 0 Å². The van der Waals surface area contributed by atoms with Crippen LogP contribution in [0.2, 0.25) is 0 Å². The minimum Gasteiger partial charge on any atom is -0.382 e. The molecule has 0 saturated carbocycles. The molecule has 0 unspecified atom stereocenters. The fraction of sp³-hybridized carbons (Fsp3) is 0.818. The number of methoxy groups -OCH3 is 1. The zero-order chi connectivity index (χ0) is 13.1. The maximum absolute atomic E-state index is 5.49. The summed E-state index contributed by atoms with van der Waals surface area (Å²) in [5.41, 5.74) is 0. The molecule has 1 heterocycles. The molecule has 1 rings (SSSR count). The number of hydrogen-bond acceptors (Lipinski definition) is 7. The summed E-state index contributed by atoms with van der Waals surface area (Å²) < 4.78 is 15.7. The first-order valence-electron chi connectivity index (χ1n) is 6.07. The molecule has 6 nitrogen and oxygen atoms in total. The van der Waals surface area contributed by atoms with E-state index in [4.69, 9.17) is 14.2 Å². The molecule has 1 aromatic rings. The molecule has 104 valence electrons. The van der Waals surface area contributed by atoms with Gasteiger partial charge >= 0.3 is 0 Å². The molecular formula is C11H21N3O3S. The fourth-order valence-corrected chi connectivity index (χ4v) is 1.95. The Morgan fingerprint density at radius 3 is 2.72 bits per heavy atom. The Bertz CT molecular complexity index is 309. The van der Waals surface area contributed by atoms with Crippen molar-refractivity contribution in [3.63, 3.8) is 0 Å². The predicted molar refractivity (Wildman–Crippen MR) is 71.0 cm³/mol. The molecule has 0 aliphatic carbocycles. The van der Waals surface area contributed by atoms with Gasteiger partial charge in [0.1, 0.15) is 11.6 Å². The Balaban J connectivity index is 1.96. The maximum atomic E-state index is 5.49. The summed E-state index contributed by atoms with van der Waals surface area (Å²) >= 11 is 1.53. The molecule has 0 aliphatic rings. The molecule has 0 amide bonds. The Hall–Kier alpha value is -0.760. The van der Waals surface area contributed by atoms with Gasteiger partial charge < -0.3 is 19.5 Å². The van der Waals surface area contributed by atoms with Gasteiger partial charge in [0.05, 0.1) is 13.2 Å². The van der Waals surface area contributed by atoms with Crippen LogP contribution in [-0.2, 0) is 20.8 Å². The van der Waals surface area contributed by atoms with E-state index in [1.807, 2.05) is 6.92 Å². The number of ether oxygens (including phenoxy) is 3. The van der Waals surface area contributed by atoms with Crippen molar-refractivity contribution in [1.82, 2.24) is 10.2 Å². The van der Waals surface area contributed by atoms with Crippen molar-refractivity contribution >= 4 is 16.5 Å². The van der Waals surface area contributed by atoms with E-state index >= 15 is 0 Å². The van der Waals surface area contributed by atoms with Crippen molar-refractivity contribution in [2.75, 3.05) is 45.4 Å². The van der Waals surface area contributed by atoms with E-state index in [1.54, 1.807) is 7.11 Å². The SMILES string of the molecule is CCNc1nnc(COCCCOCCOC)s1. The lowest BCUT2D eigenvalue weighted by atomic mass is 10.5. The van der Waals surface area contributed by atoms with E-state index in [0.717, 1.165) is 23.1 Å². The van der Waals surface area contributed by atoms with Crippen LogP contribution in [0.25, 0.3) is 0 Å². The molecule has 18 heavy (non-hydrogen) atoms. The Labute approximate surface area is 112 Å². The lowest BCUT2D eigenvalue weighted by molar-refractivity contribution is 0.0482. The minimum atomic E-state index is 0.515. The van der Waals surface area contributed by atoms with Crippen LogP contribution in [0, 0.1) is 0 Å². The van der Waals surface area contributed by atoms with E-state index in [0.29, 0.717) is 33.0 Å². The quantitative estimate of drug-likeness (QED) is 0.618. The molecule has 7 heteroatoms. The molecule has 0 fully saturated rings. The largest absolute Gasteiger partial charge is 0.382 e. The van der Waals surface area contributed by atoms with Crippen LogP contribution in [0.5, 0.6) is 0 Å². The summed E-state index contributed by atoms with van der Waals surface area (Å²) in [6, 6.07) is 0. The summed E-state index contributed by atoms with van der Waals surface area (Å²) in [5, 5.41) is 12.9. The molecule has 0 saturated heterocycles. The Morgan fingerprint density at radius 1 is 1.11 bits per heavy atom. The van der Waals surface area contributed by atoms with Crippen LogP contribution < -0.4 is 5.32 Å². The lowest BCUT2D eigenvalue weighted by Gasteiger charge is -2.03. The first kappa shape index (κ1) is 15.3. The van der Waals surface area contributed by atoms with Gasteiger partial charge in [-0.1, -0.05) is 11.3 Å². The second-order valence-corrected chi connectivity index (χ2v) is 4.60. The third-order valence-corrected chi connectivity index (χ3v) is 2.88. The van der Waals surface area contributed by atoms with Gasteiger partial charge in [0, 0.05) is 26.9 Å². The normalized spacial score (nSPS) is 10.8.